The van der Waals surface area contributed by atoms with Crippen molar-refractivity contribution in [2.24, 2.45) is 0 Å². The molecule has 0 saturated carbocycles. The van der Waals surface area contributed by atoms with Crippen LogP contribution in [0.5, 0.6) is 5.75 Å². The third-order valence-corrected chi connectivity index (χ3v) is 4.14. The van der Waals surface area contributed by atoms with E-state index in [-0.39, 0.29) is 17.9 Å². The number of amides is 1. The van der Waals surface area contributed by atoms with E-state index >= 15 is 0 Å². The van der Waals surface area contributed by atoms with E-state index in [2.05, 4.69) is 4.94 Å². The fourth-order valence-electron chi connectivity index (χ4n) is 2.98. The molecule has 4 nitrogen and oxygen atoms in total. The Kier molecular flexibility index (Phi) is 3.87. The van der Waals surface area contributed by atoms with Crippen LogP contribution in [-0.4, -0.2) is 36.6 Å². The molecule has 0 aliphatic carbocycles. The molecule has 2 aliphatic heterocycles. The third kappa shape index (κ3) is 2.50. The molecule has 1 unspecified atom stereocenters. The summed E-state index contributed by atoms with van der Waals surface area (Å²) in [6, 6.07) is 7.69. The smallest absolute Gasteiger partial charge is 0.230 e. The van der Waals surface area contributed by atoms with Gasteiger partial charge in [-0.05, 0) is 29.9 Å². The Bertz CT molecular complexity index is 486. The molecular formula is C15H18FNO3. The summed E-state index contributed by atoms with van der Waals surface area (Å²) in [5, 5.41) is 0. The Morgan fingerprint density at radius 2 is 2.00 bits per heavy atom. The molecule has 108 valence electrons. The van der Waals surface area contributed by atoms with Gasteiger partial charge in [-0.2, -0.15) is 4.94 Å². The summed E-state index contributed by atoms with van der Waals surface area (Å²) >= 11 is 0. The van der Waals surface area contributed by atoms with Crippen LogP contribution in [0.1, 0.15) is 30.7 Å². The number of carbonyl (C=O) groups excluding carboxylic acids is 1. The molecule has 0 N–H and O–H groups in total. The van der Waals surface area contributed by atoms with Gasteiger partial charge in [-0.1, -0.05) is 18.2 Å². The third-order valence-electron chi connectivity index (χ3n) is 4.14. The van der Waals surface area contributed by atoms with Crippen molar-refractivity contribution in [1.82, 2.24) is 4.90 Å². The van der Waals surface area contributed by atoms with Gasteiger partial charge >= 0.3 is 0 Å². The van der Waals surface area contributed by atoms with Crippen LogP contribution in [0.3, 0.4) is 0 Å². The molecule has 0 radical (unpaired) electrons. The first kappa shape index (κ1) is 13.4. The molecule has 1 aromatic carbocycles. The lowest BCUT2D eigenvalue weighted by atomic mass is 9.91. The highest BCUT2D eigenvalue weighted by molar-refractivity contribution is 5.85. The van der Waals surface area contributed by atoms with Crippen LogP contribution in [0.25, 0.3) is 0 Å². The van der Waals surface area contributed by atoms with Crippen molar-refractivity contribution in [3.63, 3.8) is 0 Å². The van der Waals surface area contributed by atoms with Gasteiger partial charge < -0.3 is 9.64 Å². The van der Waals surface area contributed by atoms with Gasteiger partial charge in [-0.25, -0.2) is 0 Å². The number of nitrogens with zero attached hydrogens (tertiary/aromatic N) is 1. The first-order chi connectivity index (χ1) is 9.79. The van der Waals surface area contributed by atoms with Crippen LogP contribution in [-0.2, 0) is 9.74 Å². The molecule has 2 aliphatic rings. The summed E-state index contributed by atoms with van der Waals surface area (Å²) in [6.07, 6.45) is 1.47. The highest BCUT2D eigenvalue weighted by atomic mass is 19.3. The molecule has 0 spiro atoms. The largest absolute Gasteiger partial charge is 0.493 e. The van der Waals surface area contributed by atoms with Crippen molar-refractivity contribution in [2.75, 3.05) is 19.7 Å². The summed E-state index contributed by atoms with van der Waals surface area (Å²) in [4.78, 5) is 18.3. The maximum atomic E-state index is 12.6. The summed E-state index contributed by atoms with van der Waals surface area (Å²) in [7, 11) is 0. The van der Waals surface area contributed by atoms with Gasteiger partial charge in [-0.15, -0.1) is 0 Å². The molecule has 1 fully saturated rings. The standard InChI is InChI=1S/C15H18FNO3/c16-20-11-5-8-17(9-6-11)15(18)13-7-10-19-14-4-2-1-3-12(13)14/h1-4,11,13H,5-10H2. The van der Waals surface area contributed by atoms with Gasteiger partial charge in [-0.3, -0.25) is 4.79 Å². The lowest BCUT2D eigenvalue weighted by molar-refractivity contribution is -0.192. The van der Waals surface area contributed by atoms with E-state index in [4.69, 9.17) is 4.74 Å². The fourth-order valence-corrected chi connectivity index (χ4v) is 2.98. The summed E-state index contributed by atoms with van der Waals surface area (Å²) in [5.74, 6) is 0.792. The topological polar surface area (TPSA) is 38.8 Å². The molecule has 20 heavy (non-hydrogen) atoms. The molecule has 1 amide bonds. The number of piperidine rings is 1. The minimum Gasteiger partial charge on any atom is -0.493 e. The molecule has 1 atom stereocenters. The second-order valence-electron chi connectivity index (χ2n) is 5.34. The van der Waals surface area contributed by atoms with E-state index in [1.54, 1.807) is 0 Å². The zero-order valence-electron chi connectivity index (χ0n) is 11.3. The van der Waals surface area contributed by atoms with Crippen molar-refractivity contribution in [1.29, 1.82) is 0 Å². The lowest BCUT2D eigenvalue weighted by Gasteiger charge is -2.34. The molecular weight excluding hydrogens is 261 g/mol. The van der Waals surface area contributed by atoms with E-state index in [1.807, 2.05) is 29.2 Å². The van der Waals surface area contributed by atoms with E-state index in [1.165, 1.54) is 0 Å². The van der Waals surface area contributed by atoms with E-state index in [0.29, 0.717) is 39.0 Å². The van der Waals surface area contributed by atoms with Gasteiger partial charge in [0.1, 0.15) is 11.9 Å². The molecule has 1 saturated heterocycles. The predicted molar refractivity (Wildman–Crippen MR) is 71.1 cm³/mol. The molecule has 0 bridgehead atoms. The van der Waals surface area contributed by atoms with Crippen LogP contribution < -0.4 is 4.74 Å². The molecule has 1 aromatic rings. The van der Waals surface area contributed by atoms with Crippen molar-refractivity contribution in [2.45, 2.75) is 31.3 Å². The number of likely N-dealkylation sites (tertiary alicyclic amines) is 1. The first-order valence-corrected chi connectivity index (χ1v) is 7.07. The quantitative estimate of drug-likeness (QED) is 0.834. The number of ether oxygens (including phenoxy) is 1. The van der Waals surface area contributed by atoms with Crippen molar-refractivity contribution in [3.8, 4) is 5.75 Å². The zero-order chi connectivity index (χ0) is 13.9. The Morgan fingerprint density at radius 3 is 2.75 bits per heavy atom. The normalized spacial score (nSPS) is 23.1. The Labute approximate surface area is 117 Å². The molecule has 5 heteroatoms. The van der Waals surface area contributed by atoms with Crippen molar-refractivity contribution in [3.05, 3.63) is 29.8 Å². The maximum Gasteiger partial charge on any atom is 0.230 e. The number of rotatable bonds is 2. The number of para-hydroxylation sites is 1. The van der Waals surface area contributed by atoms with Gasteiger partial charge in [0.25, 0.3) is 0 Å². The average molecular weight is 279 g/mol. The Hall–Kier alpha value is -1.62. The van der Waals surface area contributed by atoms with E-state index in [0.717, 1.165) is 11.3 Å². The highest BCUT2D eigenvalue weighted by Gasteiger charge is 2.33. The number of hydrogen-bond acceptors (Lipinski definition) is 3. The van der Waals surface area contributed by atoms with Crippen molar-refractivity contribution < 1.29 is 19.0 Å². The van der Waals surface area contributed by atoms with Crippen molar-refractivity contribution >= 4 is 5.91 Å². The number of halogens is 1. The van der Waals surface area contributed by atoms with Crippen LogP contribution >= 0.6 is 0 Å². The summed E-state index contributed by atoms with van der Waals surface area (Å²) < 4.78 is 17.7. The summed E-state index contributed by atoms with van der Waals surface area (Å²) in [6.45, 7) is 1.69. The maximum absolute atomic E-state index is 12.6. The SMILES string of the molecule is O=C(C1CCOc2ccccc21)N1CCC(OF)CC1. The number of carbonyl (C=O) groups is 1. The van der Waals surface area contributed by atoms with E-state index in [9.17, 15) is 9.32 Å². The lowest BCUT2D eigenvalue weighted by Crippen LogP contribution is -2.43. The van der Waals surface area contributed by atoms with Gasteiger partial charge in [0.05, 0.1) is 12.5 Å². The minimum atomic E-state index is -0.360. The highest BCUT2D eigenvalue weighted by Crippen LogP contribution is 2.35. The number of hydrogen-bond donors (Lipinski definition) is 0. The zero-order valence-corrected chi connectivity index (χ0v) is 11.3. The molecule has 0 aromatic heterocycles. The van der Waals surface area contributed by atoms with Crippen LogP contribution in [0.4, 0.5) is 4.53 Å². The second kappa shape index (κ2) is 5.79. The average Bonchev–Trinajstić information content (AvgIpc) is 2.54. The molecule has 3 rings (SSSR count). The first-order valence-electron chi connectivity index (χ1n) is 7.07. The van der Waals surface area contributed by atoms with Gasteiger partial charge in [0.2, 0.25) is 5.91 Å². The number of fused-ring (bicyclic) bond motifs is 1. The van der Waals surface area contributed by atoms with Crippen LogP contribution in [0, 0.1) is 0 Å². The fraction of sp³-hybridized carbons (Fsp3) is 0.533. The predicted octanol–water partition coefficient (Wildman–Crippen LogP) is 2.44. The van der Waals surface area contributed by atoms with Crippen LogP contribution in [0.2, 0.25) is 0 Å². The monoisotopic (exact) mass is 279 g/mol. The Balaban J connectivity index is 1.72. The van der Waals surface area contributed by atoms with Gasteiger partial charge in [0, 0.05) is 18.7 Å². The molecule has 2 heterocycles. The number of benzene rings is 1. The van der Waals surface area contributed by atoms with E-state index < -0.39 is 0 Å². The van der Waals surface area contributed by atoms with Crippen LogP contribution in [0.15, 0.2) is 24.3 Å². The van der Waals surface area contributed by atoms with Gasteiger partial charge in [0.15, 0.2) is 0 Å². The summed E-state index contributed by atoms with van der Waals surface area (Å²) in [5.41, 5.74) is 0.965. The second-order valence-corrected chi connectivity index (χ2v) is 5.34. The Morgan fingerprint density at radius 1 is 1.25 bits per heavy atom. The minimum absolute atomic E-state index is 0.123.